The van der Waals surface area contributed by atoms with E-state index in [1.165, 1.54) is 17.0 Å². The van der Waals surface area contributed by atoms with Crippen molar-refractivity contribution in [2.45, 2.75) is 25.6 Å². The molecule has 0 aliphatic carbocycles. The van der Waals surface area contributed by atoms with E-state index in [1.54, 1.807) is 0 Å². The molecule has 0 radical (unpaired) electrons. The first kappa shape index (κ1) is 16.7. The summed E-state index contributed by atoms with van der Waals surface area (Å²) < 4.78 is 2.23. The number of hydrogen-bond donors (Lipinski definition) is 1. The second-order valence-electron chi connectivity index (χ2n) is 6.57. The first-order valence-electron chi connectivity index (χ1n) is 8.64. The van der Waals surface area contributed by atoms with E-state index >= 15 is 0 Å². The first-order chi connectivity index (χ1) is 12.6. The smallest absolute Gasteiger partial charge is 0.170 e. The Kier molecular flexibility index (Phi) is 4.42. The molecule has 2 unspecified atom stereocenters. The van der Waals surface area contributed by atoms with E-state index in [2.05, 4.69) is 56.9 Å². The molecule has 0 spiro atoms. The van der Waals surface area contributed by atoms with Crippen molar-refractivity contribution in [3.63, 3.8) is 0 Å². The molecule has 2 atom stereocenters. The molecule has 0 saturated carbocycles. The number of nitrogens with zero attached hydrogens (tertiary/aromatic N) is 4. The lowest BCUT2D eigenvalue weighted by molar-refractivity contribution is 0.299. The molecule has 1 saturated heterocycles. The predicted molar refractivity (Wildman–Crippen MR) is 105 cm³/mol. The third-order valence-corrected chi connectivity index (χ3v) is 5.37. The van der Waals surface area contributed by atoms with Gasteiger partial charge in [-0.2, -0.15) is 0 Å². The molecule has 26 heavy (non-hydrogen) atoms. The molecule has 4 rings (SSSR count). The van der Waals surface area contributed by atoms with Crippen LogP contribution in [0, 0.1) is 6.92 Å². The van der Waals surface area contributed by atoms with E-state index < -0.39 is 0 Å². The van der Waals surface area contributed by atoms with Crippen LogP contribution in [0.3, 0.4) is 0 Å². The number of thiocarbonyl (C=S) groups is 1. The van der Waals surface area contributed by atoms with Crippen molar-refractivity contribution >= 4 is 17.3 Å². The number of rotatable bonds is 4. The molecule has 132 valence electrons. The highest BCUT2D eigenvalue weighted by Crippen LogP contribution is 2.39. The summed E-state index contributed by atoms with van der Waals surface area (Å²) in [6.45, 7) is 2.85. The van der Waals surface area contributed by atoms with Crippen molar-refractivity contribution in [1.82, 2.24) is 24.8 Å². The van der Waals surface area contributed by atoms with Gasteiger partial charge in [-0.1, -0.05) is 6.07 Å². The summed E-state index contributed by atoms with van der Waals surface area (Å²) in [6.07, 6.45) is 5.47. The van der Waals surface area contributed by atoms with Gasteiger partial charge in [0.2, 0.25) is 0 Å². The van der Waals surface area contributed by atoms with Gasteiger partial charge in [-0.25, -0.2) is 0 Å². The SMILES string of the molecule is Cc1ccc(C2C(c3ccccn3)NC(=S)N2Cc2ccncc2)n1C. The van der Waals surface area contributed by atoms with Gasteiger partial charge in [0.05, 0.1) is 17.8 Å². The fraction of sp³-hybridized carbons (Fsp3) is 0.250. The summed E-state index contributed by atoms with van der Waals surface area (Å²) in [5, 5.41) is 4.24. The lowest BCUT2D eigenvalue weighted by Crippen LogP contribution is -2.30. The zero-order valence-corrected chi connectivity index (χ0v) is 15.6. The standard InChI is InChI=1S/C20H21N5S/c1-14-6-7-17(24(14)2)19-18(16-5-3-4-10-22-16)23-20(26)25(19)13-15-8-11-21-12-9-15/h3-12,18-19H,13H2,1-2H3,(H,23,26). The molecule has 4 heterocycles. The van der Waals surface area contributed by atoms with Crippen LogP contribution in [0.4, 0.5) is 0 Å². The minimum atomic E-state index is 0.0125. The second-order valence-corrected chi connectivity index (χ2v) is 6.96. The predicted octanol–water partition coefficient (Wildman–Crippen LogP) is 3.30. The van der Waals surface area contributed by atoms with Crippen molar-refractivity contribution < 1.29 is 0 Å². The molecule has 3 aromatic rings. The molecule has 0 aromatic carbocycles. The highest BCUT2D eigenvalue weighted by molar-refractivity contribution is 7.80. The largest absolute Gasteiger partial charge is 0.352 e. The van der Waals surface area contributed by atoms with Gasteiger partial charge < -0.3 is 14.8 Å². The summed E-state index contributed by atoms with van der Waals surface area (Å²) in [5.74, 6) is 0. The van der Waals surface area contributed by atoms with Crippen LogP contribution < -0.4 is 5.32 Å². The molecule has 1 fully saturated rings. The molecule has 6 heteroatoms. The van der Waals surface area contributed by atoms with Crippen LogP contribution in [0.5, 0.6) is 0 Å². The molecule has 1 aliphatic heterocycles. The molecule has 1 N–H and O–H groups in total. The maximum absolute atomic E-state index is 5.71. The molecule has 0 amide bonds. The van der Waals surface area contributed by atoms with E-state index in [4.69, 9.17) is 12.2 Å². The topological polar surface area (TPSA) is 46.0 Å². The Morgan fingerprint density at radius 3 is 2.54 bits per heavy atom. The third-order valence-electron chi connectivity index (χ3n) is 5.01. The van der Waals surface area contributed by atoms with Gasteiger partial charge in [-0.3, -0.25) is 9.97 Å². The van der Waals surface area contributed by atoms with Crippen LogP contribution in [0.25, 0.3) is 0 Å². The fourth-order valence-electron chi connectivity index (χ4n) is 3.51. The zero-order chi connectivity index (χ0) is 18.1. The minimum absolute atomic E-state index is 0.0125. The number of aryl methyl sites for hydroxylation is 1. The molecule has 1 aliphatic rings. The number of nitrogens with one attached hydrogen (secondary N) is 1. The Hall–Kier alpha value is -2.73. The van der Waals surface area contributed by atoms with Gasteiger partial charge >= 0.3 is 0 Å². The summed E-state index contributed by atoms with van der Waals surface area (Å²) in [7, 11) is 2.10. The van der Waals surface area contributed by atoms with Gasteiger partial charge in [0, 0.05) is 43.6 Å². The van der Waals surface area contributed by atoms with Crippen LogP contribution in [0.1, 0.15) is 34.7 Å². The normalized spacial score (nSPS) is 19.6. The molecular formula is C20H21N5S. The van der Waals surface area contributed by atoms with E-state index in [9.17, 15) is 0 Å². The maximum Gasteiger partial charge on any atom is 0.170 e. The molecule has 0 bridgehead atoms. The molecule has 5 nitrogen and oxygen atoms in total. The van der Waals surface area contributed by atoms with Crippen LogP contribution in [-0.2, 0) is 13.6 Å². The van der Waals surface area contributed by atoms with E-state index in [1.807, 2.05) is 42.9 Å². The van der Waals surface area contributed by atoms with Gasteiger partial charge in [0.25, 0.3) is 0 Å². The van der Waals surface area contributed by atoms with Crippen molar-refractivity contribution in [2.24, 2.45) is 7.05 Å². The summed E-state index contributed by atoms with van der Waals surface area (Å²) >= 11 is 5.71. The Bertz CT molecular complexity index is 906. The van der Waals surface area contributed by atoms with Gasteiger partial charge in [0.15, 0.2) is 5.11 Å². The molecule has 3 aromatic heterocycles. The average Bonchev–Trinajstić information content (AvgIpc) is 3.17. The Balaban J connectivity index is 1.76. The Labute approximate surface area is 158 Å². The van der Waals surface area contributed by atoms with E-state index in [0.29, 0.717) is 0 Å². The second kappa shape index (κ2) is 6.88. The minimum Gasteiger partial charge on any atom is -0.352 e. The van der Waals surface area contributed by atoms with Crippen LogP contribution in [0.2, 0.25) is 0 Å². The third kappa shape index (κ3) is 2.97. The lowest BCUT2D eigenvalue weighted by atomic mass is 10.0. The number of hydrogen-bond acceptors (Lipinski definition) is 3. The quantitative estimate of drug-likeness (QED) is 0.721. The fourth-order valence-corrected chi connectivity index (χ4v) is 3.82. The monoisotopic (exact) mass is 363 g/mol. The summed E-state index contributed by atoms with van der Waals surface area (Å²) in [4.78, 5) is 10.9. The Morgan fingerprint density at radius 2 is 1.88 bits per heavy atom. The summed E-state index contributed by atoms with van der Waals surface area (Å²) in [5.41, 5.74) is 4.62. The van der Waals surface area contributed by atoms with Crippen LogP contribution in [0.15, 0.2) is 61.1 Å². The van der Waals surface area contributed by atoms with Crippen LogP contribution >= 0.6 is 12.2 Å². The van der Waals surface area contributed by atoms with Crippen molar-refractivity contribution in [2.75, 3.05) is 0 Å². The van der Waals surface area contributed by atoms with Crippen LogP contribution in [-0.4, -0.2) is 24.5 Å². The number of pyridine rings is 2. The van der Waals surface area contributed by atoms with Gasteiger partial charge in [-0.05, 0) is 61.1 Å². The van der Waals surface area contributed by atoms with Crippen molar-refractivity contribution in [1.29, 1.82) is 0 Å². The maximum atomic E-state index is 5.71. The average molecular weight is 363 g/mol. The lowest BCUT2D eigenvalue weighted by Gasteiger charge is -2.28. The van der Waals surface area contributed by atoms with Crippen molar-refractivity contribution in [3.8, 4) is 0 Å². The Morgan fingerprint density at radius 1 is 1.08 bits per heavy atom. The summed E-state index contributed by atoms with van der Waals surface area (Å²) in [6, 6.07) is 14.5. The molecular weight excluding hydrogens is 342 g/mol. The zero-order valence-electron chi connectivity index (χ0n) is 14.8. The van der Waals surface area contributed by atoms with Gasteiger partial charge in [0.1, 0.15) is 0 Å². The van der Waals surface area contributed by atoms with E-state index in [-0.39, 0.29) is 12.1 Å². The number of aromatic nitrogens is 3. The van der Waals surface area contributed by atoms with Crippen molar-refractivity contribution in [3.05, 3.63) is 83.7 Å². The highest BCUT2D eigenvalue weighted by Gasteiger charge is 2.40. The van der Waals surface area contributed by atoms with Gasteiger partial charge in [-0.15, -0.1) is 0 Å². The first-order valence-corrected chi connectivity index (χ1v) is 9.05. The highest BCUT2D eigenvalue weighted by atomic mass is 32.1. The van der Waals surface area contributed by atoms with E-state index in [0.717, 1.165) is 17.4 Å².